The normalized spacial score (nSPS) is 10.5. The molecule has 0 bridgehead atoms. The number of hydrogen-bond acceptors (Lipinski definition) is 2. The van der Waals surface area contributed by atoms with E-state index in [2.05, 4.69) is 13.8 Å². The molecule has 0 saturated heterocycles. The Kier molecular flexibility index (Phi) is 3.20. The number of Topliss-reactive ketones (excluding diaryl/α,β-unsaturated/α-hetero) is 1. The second-order valence-corrected chi connectivity index (χ2v) is 3.36. The molecule has 0 unspecified atom stereocenters. The predicted octanol–water partition coefficient (Wildman–Crippen LogP) is 1.99. The third-order valence-electron chi connectivity index (χ3n) is 2.04. The van der Waals surface area contributed by atoms with Crippen LogP contribution in [0, 0.1) is 0 Å². The maximum Gasteiger partial charge on any atom is 0.188 e. The van der Waals surface area contributed by atoms with Crippen LogP contribution in [0.15, 0.2) is 24.3 Å². The average molecular weight is 178 g/mol. The van der Waals surface area contributed by atoms with Gasteiger partial charge >= 0.3 is 0 Å². The Morgan fingerprint density at radius 2 is 1.85 bits per heavy atom. The van der Waals surface area contributed by atoms with Crippen LogP contribution in [0.2, 0.25) is 0 Å². The maximum atomic E-state index is 11.0. The van der Waals surface area contributed by atoms with Gasteiger partial charge in [-0.3, -0.25) is 4.79 Å². The monoisotopic (exact) mass is 178 g/mol. The van der Waals surface area contributed by atoms with Gasteiger partial charge in [0.05, 0.1) is 0 Å². The summed E-state index contributed by atoms with van der Waals surface area (Å²) < 4.78 is 0. The van der Waals surface area contributed by atoms with E-state index in [0.29, 0.717) is 11.5 Å². The van der Waals surface area contributed by atoms with E-state index in [1.807, 2.05) is 12.1 Å². The first-order valence-electron chi connectivity index (χ1n) is 4.39. The van der Waals surface area contributed by atoms with Crippen molar-refractivity contribution in [2.75, 3.05) is 6.61 Å². The largest absolute Gasteiger partial charge is 0.388 e. The Labute approximate surface area is 78.2 Å². The number of aliphatic hydroxyl groups excluding tert-OH is 1. The van der Waals surface area contributed by atoms with Crippen molar-refractivity contribution >= 4 is 5.78 Å². The summed E-state index contributed by atoms with van der Waals surface area (Å²) in [6.07, 6.45) is 0. The van der Waals surface area contributed by atoms with Crippen LogP contribution < -0.4 is 0 Å². The van der Waals surface area contributed by atoms with E-state index < -0.39 is 6.61 Å². The Hall–Kier alpha value is -1.15. The molecule has 0 radical (unpaired) electrons. The zero-order valence-electron chi connectivity index (χ0n) is 7.95. The van der Waals surface area contributed by atoms with E-state index in [1.165, 1.54) is 5.56 Å². The quantitative estimate of drug-likeness (QED) is 0.718. The van der Waals surface area contributed by atoms with Gasteiger partial charge in [-0.05, 0) is 11.5 Å². The smallest absolute Gasteiger partial charge is 0.188 e. The van der Waals surface area contributed by atoms with E-state index in [9.17, 15) is 4.79 Å². The lowest BCUT2D eigenvalue weighted by Gasteiger charge is -2.05. The van der Waals surface area contributed by atoms with Crippen LogP contribution in [0.1, 0.15) is 35.7 Å². The molecule has 1 aromatic carbocycles. The van der Waals surface area contributed by atoms with Crippen LogP contribution in [0.5, 0.6) is 0 Å². The van der Waals surface area contributed by atoms with Crippen molar-refractivity contribution < 1.29 is 9.90 Å². The fourth-order valence-corrected chi connectivity index (χ4v) is 1.15. The summed E-state index contributed by atoms with van der Waals surface area (Å²) in [5.74, 6) is 0.244. The van der Waals surface area contributed by atoms with Crippen LogP contribution in [0.3, 0.4) is 0 Å². The summed E-state index contributed by atoms with van der Waals surface area (Å²) in [7, 11) is 0. The van der Waals surface area contributed by atoms with Gasteiger partial charge in [-0.2, -0.15) is 0 Å². The summed E-state index contributed by atoms with van der Waals surface area (Å²) in [5, 5.41) is 8.62. The van der Waals surface area contributed by atoms with Gasteiger partial charge in [0.2, 0.25) is 0 Å². The molecule has 2 heteroatoms. The topological polar surface area (TPSA) is 37.3 Å². The molecule has 1 N–H and O–H groups in total. The minimum atomic E-state index is -0.416. The average Bonchev–Trinajstić information content (AvgIpc) is 2.17. The predicted molar refractivity (Wildman–Crippen MR) is 51.9 cm³/mol. The first-order valence-corrected chi connectivity index (χ1v) is 4.39. The lowest BCUT2D eigenvalue weighted by Crippen LogP contribution is -2.04. The van der Waals surface area contributed by atoms with E-state index in [-0.39, 0.29) is 5.78 Å². The molecule has 0 aromatic heterocycles. The van der Waals surface area contributed by atoms with Crippen molar-refractivity contribution in [1.29, 1.82) is 0 Å². The van der Waals surface area contributed by atoms with Gasteiger partial charge in [0, 0.05) is 5.56 Å². The number of aliphatic hydroxyl groups is 1. The second-order valence-electron chi connectivity index (χ2n) is 3.36. The van der Waals surface area contributed by atoms with E-state index >= 15 is 0 Å². The highest BCUT2D eigenvalue weighted by molar-refractivity contribution is 5.96. The van der Waals surface area contributed by atoms with Gasteiger partial charge in [-0.1, -0.05) is 38.1 Å². The van der Waals surface area contributed by atoms with Crippen LogP contribution in [0.4, 0.5) is 0 Å². The van der Waals surface area contributed by atoms with Crippen molar-refractivity contribution in [3.05, 3.63) is 35.4 Å². The highest BCUT2D eigenvalue weighted by atomic mass is 16.3. The molecule has 0 saturated carbocycles. The molecular formula is C11H14O2. The number of benzene rings is 1. The first kappa shape index (κ1) is 9.93. The van der Waals surface area contributed by atoms with Crippen molar-refractivity contribution in [3.63, 3.8) is 0 Å². The number of ketones is 1. The lowest BCUT2D eigenvalue weighted by atomic mass is 10.0. The zero-order valence-corrected chi connectivity index (χ0v) is 7.95. The zero-order chi connectivity index (χ0) is 9.84. The maximum absolute atomic E-state index is 11.0. The SMILES string of the molecule is CC(C)c1ccc(C(=O)CO)cc1. The van der Waals surface area contributed by atoms with E-state index in [4.69, 9.17) is 5.11 Å². The van der Waals surface area contributed by atoms with E-state index in [1.54, 1.807) is 12.1 Å². The van der Waals surface area contributed by atoms with Gasteiger partial charge in [-0.15, -0.1) is 0 Å². The fraction of sp³-hybridized carbons (Fsp3) is 0.364. The number of rotatable bonds is 3. The Bertz CT molecular complexity index is 285. The number of carbonyl (C=O) groups excluding carboxylic acids is 1. The molecule has 0 amide bonds. The Morgan fingerprint density at radius 3 is 2.23 bits per heavy atom. The van der Waals surface area contributed by atoms with Crippen molar-refractivity contribution in [1.82, 2.24) is 0 Å². The highest BCUT2D eigenvalue weighted by Gasteiger charge is 2.04. The molecule has 0 atom stereocenters. The Morgan fingerprint density at radius 1 is 1.31 bits per heavy atom. The second kappa shape index (κ2) is 4.19. The first-order chi connectivity index (χ1) is 6.15. The van der Waals surface area contributed by atoms with Crippen molar-refractivity contribution in [3.8, 4) is 0 Å². The molecule has 0 fully saturated rings. The Balaban J connectivity index is 2.87. The highest BCUT2D eigenvalue weighted by Crippen LogP contribution is 2.14. The van der Waals surface area contributed by atoms with Gasteiger partial charge in [0.15, 0.2) is 5.78 Å². The van der Waals surface area contributed by atoms with Crippen LogP contribution in [-0.4, -0.2) is 17.5 Å². The molecule has 0 spiro atoms. The fourth-order valence-electron chi connectivity index (χ4n) is 1.15. The minimum absolute atomic E-state index is 0.227. The molecule has 0 aliphatic rings. The van der Waals surface area contributed by atoms with Crippen LogP contribution in [0.25, 0.3) is 0 Å². The van der Waals surface area contributed by atoms with Crippen molar-refractivity contribution in [2.24, 2.45) is 0 Å². The standard InChI is InChI=1S/C11H14O2/c1-8(2)9-3-5-10(6-4-9)11(13)7-12/h3-6,8,12H,7H2,1-2H3. The molecule has 1 aromatic rings. The van der Waals surface area contributed by atoms with Gasteiger partial charge < -0.3 is 5.11 Å². The molecule has 0 heterocycles. The number of carbonyl (C=O) groups is 1. The lowest BCUT2D eigenvalue weighted by molar-refractivity contribution is 0.0903. The summed E-state index contributed by atoms with van der Waals surface area (Å²) in [6.45, 7) is 3.78. The molecule has 2 nitrogen and oxygen atoms in total. The third-order valence-corrected chi connectivity index (χ3v) is 2.04. The van der Waals surface area contributed by atoms with Gasteiger partial charge in [-0.25, -0.2) is 0 Å². The summed E-state index contributed by atoms with van der Waals surface area (Å²) in [5.41, 5.74) is 1.78. The molecule has 1 rings (SSSR count). The number of hydrogen-bond donors (Lipinski definition) is 1. The van der Waals surface area contributed by atoms with Gasteiger partial charge in [0.25, 0.3) is 0 Å². The summed E-state index contributed by atoms with van der Waals surface area (Å²) >= 11 is 0. The molecule has 13 heavy (non-hydrogen) atoms. The molecule has 0 aliphatic heterocycles. The van der Waals surface area contributed by atoms with Crippen LogP contribution in [-0.2, 0) is 0 Å². The van der Waals surface area contributed by atoms with Crippen LogP contribution >= 0.6 is 0 Å². The van der Waals surface area contributed by atoms with Gasteiger partial charge in [0.1, 0.15) is 6.61 Å². The summed E-state index contributed by atoms with van der Waals surface area (Å²) in [4.78, 5) is 11.0. The molecule has 70 valence electrons. The molecule has 0 aliphatic carbocycles. The third kappa shape index (κ3) is 2.39. The van der Waals surface area contributed by atoms with Crippen molar-refractivity contribution in [2.45, 2.75) is 19.8 Å². The van der Waals surface area contributed by atoms with E-state index in [0.717, 1.165) is 0 Å². The minimum Gasteiger partial charge on any atom is -0.388 e. The molecular weight excluding hydrogens is 164 g/mol. The summed E-state index contributed by atoms with van der Waals surface area (Å²) in [6, 6.07) is 7.36.